The quantitative estimate of drug-likeness (QED) is 0.832. The summed E-state index contributed by atoms with van der Waals surface area (Å²) in [5, 5.41) is 8.97. The van der Waals surface area contributed by atoms with E-state index in [1.807, 2.05) is 9.36 Å². The topological polar surface area (TPSA) is 74.5 Å². The zero-order valence-electron chi connectivity index (χ0n) is 12.6. The lowest BCUT2D eigenvalue weighted by Crippen LogP contribution is -2.13. The van der Waals surface area contributed by atoms with E-state index in [2.05, 4.69) is 30.9 Å². The molecule has 0 aliphatic heterocycles. The van der Waals surface area contributed by atoms with Crippen LogP contribution in [-0.4, -0.2) is 24.5 Å². The number of aryl methyl sites for hydroxylation is 2. The Morgan fingerprint density at radius 1 is 1.15 bits per heavy atom. The molecule has 20 heavy (non-hydrogen) atoms. The van der Waals surface area contributed by atoms with Gasteiger partial charge in [-0.05, 0) is 19.3 Å². The van der Waals surface area contributed by atoms with Crippen molar-refractivity contribution in [3.05, 3.63) is 29.1 Å². The van der Waals surface area contributed by atoms with Crippen LogP contribution in [0.5, 0.6) is 0 Å². The molecule has 0 aromatic carbocycles. The van der Waals surface area contributed by atoms with Crippen LogP contribution in [-0.2, 0) is 32.5 Å². The van der Waals surface area contributed by atoms with Crippen molar-refractivity contribution in [2.75, 3.05) is 0 Å². The first-order chi connectivity index (χ1) is 9.74. The maximum absolute atomic E-state index is 5.88. The Morgan fingerprint density at radius 2 is 1.95 bits per heavy atom. The van der Waals surface area contributed by atoms with Crippen LogP contribution in [0.2, 0.25) is 0 Å². The molecule has 0 spiro atoms. The first-order valence-electron chi connectivity index (χ1n) is 7.39. The number of hydrogen-bond donors (Lipinski definition) is 1. The third kappa shape index (κ3) is 2.75. The minimum Gasteiger partial charge on any atom is -0.326 e. The molecule has 0 saturated carbocycles. The predicted octanol–water partition coefficient (Wildman–Crippen LogP) is 1.52. The molecular weight excluding hydrogens is 252 g/mol. The molecular formula is C14H24N6. The third-order valence-corrected chi connectivity index (χ3v) is 3.55. The Kier molecular flexibility index (Phi) is 4.89. The molecule has 0 amide bonds. The van der Waals surface area contributed by atoms with Crippen LogP contribution < -0.4 is 5.73 Å². The van der Waals surface area contributed by atoms with Crippen molar-refractivity contribution in [1.82, 2.24) is 24.5 Å². The molecule has 2 aromatic rings. The van der Waals surface area contributed by atoms with Crippen LogP contribution in [0.4, 0.5) is 0 Å². The van der Waals surface area contributed by atoms with Crippen molar-refractivity contribution in [2.24, 2.45) is 5.73 Å². The van der Waals surface area contributed by atoms with Gasteiger partial charge in [-0.3, -0.25) is 4.68 Å². The van der Waals surface area contributed by atoms with Crippen molar-refractivity contribution >= 4 is 0 Å². The normalized spacial score (nSPS) is 11.2. The summed E-state index contributed by atoms with van der Waals surface area (Å²) in [7, 11) is 0. The minimum atomic E-state index is 0.550. The monoisotopic (exact) mass is 276 g/mol. The van der Waals surface area contributed by atoms with Crippen LogP contribution >= 0.6 is 0 Å². The first kappa shape index (κ1) is 14.7. The fourth-order valence-electron chi connectivity index (χ4n) is 2.58. The highest BCUT2D eigenvalue weighted by Gasteiger charge is 2.15. The molecule has 2 heterocycles. The van der Waals surface area contributed by atoms with E-state index in [1.54, 1.807) is 6.33 Å². The minimum absolute atomic E-state index is 0.550. The van der Waals surface area contributed by atoms with Gasteiger partial charge in [-0.2, -0.15) is 10.2 Å². The van der Waals surface area contributed by atoms with E-state index in [-0.39, 0.29) is 0 Å². The first-order valence-corrected chi connectivity index (χ1v) is 7.39. The van der Waals surface area contributed by atoms with Gasteiger partial charge in [0.05, 0.1) is 5.69 Å². The van der Waals surface area contributed by atoms with Gasteiger partial charge in [-0.15, -0.1) is 0 Å². The van der Waals surface area contributed by atoms with Gasteiger partial charge in [-0.1, -0.05) is 20.8 Å². The van der Waals surface area contributed by atoms with E-state index in [4.69, 9.17) is 10.8 Å². The standard InChI is InChI=1S/C14H24N6/c1-4-7-19-14(16-10-17-19)9-20-13(6-3)11(8-15)12(5-2)18-20/h10H,4-9,15H2,1-3H3. The van der Waals surface area contributed by atoms with Crippen molar-refractivity contribution in [1.29, 1.82) is 0 Å². The van der Waals surface area contributed by atoms with Crippen molar-refractivity contribution in [3.63, 3.8) is 0 Å². The molecule has 0 atom stereocenters. The molecule has 2 N–H and O–H groups in total. The summed E-state index contributed by atoms with van der Waals surface area (Å²) in [6.45, 7) is 8.50. The third-order valence-electron chi connectivity index (χ3n) is 3.55. The maximum Gasteiger partial charge on any atom is 0.148 e. The number of nitrogens with zero attached hydrogens (tertiary/aromatic N) is 5. The number of aromatic nitrogens is 5. The molecule has 0 unspecified atom stereocenters. The molecule has 2 aromatic heterocycles. The van der Waals surface area contributed by atoms with Crippen molar-refractivity contribution < 1.29 is 0 Å². The summed E-state index contributed by atoms with van der Waals surface area (Å²) in [4.78, 5) is 4.36. The van der Waals surface area contributed by atoms with E-state index < -0.39 is 0 Å². The van der Waals surface area contributed by atoms with Crippen LogP contribution in [0.25, 0.3) is 0 Å². The van der Waals surface area contributed by atoms with E-state index in [9.17, 15) is 0 Å². The van der Waals surface area contributed by atoms with E-state index in [0.717, 1.165) is 37.3 Å². The van der Waals surface area contributed by atoms with Gasteiger partial charge in [0.1, 0.15) is 18.7 Å². The highest BCUT2D eigenvalue weighted by molar-refractivity contribution is 5.27. The second-order valence-electron chi connectivity index (χ2n) is 4.84. The van der Waals surface area contributed by atoms with Crippen LogP contribution in [0, 0.1) is 0 Å². The Bertz CT molecular complexity index is 554. The lowest BCUT2D eigenvalue weighted by atomic mass is 10.1. The lowest BCUT2D eigenvalue weighted by Gasteiger charge is -2.08. The smallest absolute Gasteiger partial charge is 0.148 e. The van der Waals surface area contributed by atoms with Crippen molar-refractivity contribution in [2.45, 2.75) is 59.7 Å². The molecule has 6 heteroatoms. The van der Waals surface area contributed by atoms with E-state index in [1.165, 1.54) is 11.3 Å². The van der Waals surface area contributed by atoms with Crippen molar-refractivity contribution in [3.8, 4) is 0 Å². The van der Waals surface area contributed by atoms with Crippen LogP contribution in [0.3, 0.4) is 0 Å². The summed E-state index contributed by atoms with van der Waals surface area (Å²) in [5.41, 5.74) is 9.39. The molecule has 0 aliphatic carbocycles. The number of rotatable bonds is 7. The molecule has 6 nitrogen and oxygen atoms in total. The predicted molar refractivity (Wildman–Crippen MR) is 78.3 cm³/mol. The van der Waals surface area contributed by atoms with E-state index >= 15 is 0 Å². The Balaban J connectivity index is 2.33. The van der Waals surface area contributed by atoms with Gasteiger partial charge in [-0.25, -0.2) is 9.67 Å². The van der Waals surface area contributed by atoms with Gasteiger partial charge < -0.3 is 5.73 Å². The molecule has 110 valence electrons. The molecule has 0 aliphatic rings. The van der Waals surface area contributed by atoms with Gasteiger partial charge >= 0.3 is 0 Å². The lowest BCUT2D eigenvalue weighted by molar-refractivity contribution is 0.529. The van der Waals surface area contributed by atoms with E-state index in [0.29, 0.717) is 13.1 Å². The molecule has 0 saturated heterocycles. The molecule has 0 fully saturated rings. The zero-order chi connectivity index (χ0) is 14.5. The summed E-state index contributed by atoms with van der Waals surface area (Å²) < 4.78 is 3.99. The summed E-state index contributed by atoms with van der Waals surface area (Å²) >= 11 is 0. The average Bonchev–Trinajstić information content (AvgIpc) is 3.03. The Labute approximate surface area is 120 Å². The highest BCUT2D eigenvalue weighted by Crippen LogP contribution is 2.16. The van der Waals surface area contributed by atoms with Crippen LogP contribution in [0.1, 0.15) is 50.0 Å². The fraction of sp³-hybridized carbons (Fsp3) is 0.643. The van der Waals surface area contributed by atoms with Gasteiger partial charge in [0, 0.05) is 24.3 Å². The second kappa shape index (κ2) is 6.65. The molecule has 2 rings (SSSR count). The SMILES string of the molecule is CCCn1ncnc1Cn1nc(CC)c(CN)c1CC. The number of hydrogen-bond acceptors (Lipinski definition) is 4. The second-order valence-corrected chi connectivity index (χ2v) is 4.84. The van der Waals surface area contributed by atoms with Crippen LogP contribution in [0.15, 0.2) is 6.33 Å². The Hall–Kier alpha value is -1.69. The van der Waals surface area contributed by atoms with Gasteiger partial charge in [0.25, 0.3) is 0 Å². The van der Waals surface area contributed by atoms with Gasteiger partial charge in [0.15, 0.2) is 0 Å². The Morgan fingerprint density at radius 3 is 2.55 bits per heavy atom. The maximum atomic E-state index is 5.88. The summed E-state index contributed by atoms with van der Waals surface area (Å²) in [5.74, 6) is 0.954. The molecule has 0 bridgehead atoms. The van der Waals surface area contributed by atoms with Gasteiger partial charge in [0.2, 0.25) is 0 Å². The fourth-order valence-corrected chi connectivity index (χ4v) is 2.58. The average molecular weight is 276 g/mol. The largest absolute Gasteiger partial charge is 0.326 e. The summed E-state index contributed by atoms with van der Waals surface area (Å²) in [6.07, 6.45) is 4.50. The highest BCUT2D eigenvalue weighted by atomic mass is 15.4. The zero-order valence-corrected chi connectivity index (χ0v) is 12.6. The molecule has 0 radical (unpaired) electrons. The number of nitrogens with two attached hydrogens (primary N) is 1. The summed E-state index contributed by atoms with van der Waals surface area (Å²) in [6, 6.07) is 0.